The van der Waals surface area contributed by atoms with Gasteiger partial charge in [0.1, 0.15) is 0 Å². The Labute approximate surface area is 131 Å². The summed E-state index contributed by atoms with van der Waals surface area (Å²) < 4.78 is 5.65. The van der Waals surface area contributed by atoms with E-state index in [1.54, 1.807) is 13.2 Å². The lowest BCUT2D eigenvalue weighted by Gasteiger charge is -2.43. The first-order chi connectivity index (χ1) is 9.47. The molecule has 5 heteroatoms. The van der Waals surface area contributed by atoms with Gasteiger partial charge in [-0.25, -0.2) is 0 Å². The number of benzene rings is 1. The maximum atomic E-state index is 6.10. The van der Waals surface area contributed by atoms with Crippen molar-refractivity contribution in [3.05, 3.63) is 33.8 Å². The van der Waals surface area contributed by atoms with E-state index in [0.29, 0.717) is 16.6 Å². The summed E-state index contributed by atoms with van der Waals surface area (Å²) in [6, 6.07) is 5.77. The zero-order valence-corrected chi connectivity index (χ0v) is 13.5. The molecule has 1 aliphatic heterocycles. The predicted octanol–water partition coefficient (Wildman–Crippen LogP) is 3.49. The molecule has 1 aromatic carbocycles. The molecule has 1 fully saturated rings. The van der Waals surface area contributed by atoms with Crippen LogP contribution < -0.4 is 5.73 Å². The van der Waals surface area contributed by atoms with Crippen LogP contribution in [0.15, 0.2) is 18.2 Å². The number of piperidine rings is 1. The molecule has 0 radical (unpaired) electrons. The normalized spacial score (nSPS) is 25.6. The molecule has 2 N–H and O–H groups in total. The minimum absolute atomic E-state index is 0.103. The Hall–Kier alpha value is -0.320. The van der Waals surface area contributed by atoms with E-state index in [1.165, 1.54) is 0 Å². The van der Waals surface area contributed by atoms with Crippen molar-refractivity contribution >= 4 is 23.2 Å². The maximum Gasteiger partial charge on any atom is 0.0777 e. The number of hydrogen-bond donors (Lipinski definition) is 1. The Bertz CT molecular complexity index is 449. The maximum absolute atomic E-state index is 6.10. The Morgan fingerprint density at radius 2 is 2.00 bits per heavy atom. The first kappa shape index (κ1) is 16.1. The van der Waals surface area contributed by atoms with E-state index in [1.807, 2.05) is 12.1 Å². The summed E-state index contributed by atoms with van der Waals surface area (Å²) in [5.74, 6) is 0. The number of rotatable bonds is 4. The third-order valence-electron chi connectivity index (χ3n) is 4.11. The van der Waals surface area contributed by atoms with E-state index in [2.05, 4.69) is 11.8 Å². The first-order valence-electron chi connectivity index (χ1n) is 6.93. The fraction of sp³-hybridized carbons (Fsp3) is 0.600. The monoisotopic (exact) mass is 316 g/mol. The van der Waals surface area contributed by atoms with E-state index in [9.17, 15) is 0 Å². The first-order valence-corrected chi connectivity index (χ1v) is 7.68. The van der Waals surface area contributed by atoms with Crippen LogP contribution in [0.3, 0.4) is 0 Å². The highest BCUT2D eigenvalue weighted by atomic mass is 35.5. The summed E-state index contributed by atoms with van der Waals surface area (Å²) >= 11 is 12.2. The molecular formula is C15H22Cl2N2O. The van der Waals surface area contributed by atoms with Gasteiger partial charge in [-0.15, -0.1) is 0 Å². The van der Waals surface area contributed by atoms with Crippen molar-refractivity contribution in [2.45, 2.75) is 31.4 Å². The Kier molecular flexibility index (Phi) is 5.32. The van der Waals surface area contributed by atoms with E-state index in [4.69, 9.17) is 33.7 Å². The van der Waals surface area contributed by atoms with Crippen LogP contribution in [0.4, 0.5) is 0 Å². The van der Waals surface area contributed by atoms with Crippen LogP contribution in [0.1, 0.15) is 31.4 Å². The standard InChI is InChI=1S/C15H22Cl2N2O/c1-15(20-2)4-3-5-19(10-15)14(9-18)11-6-12(16)8-13(17)7-11/h6-8,14H,3-5,9-10,18H2,1-2H3. The molecular weight excluding hydrogens is 295 g/mol. The van der Waals surface area contributed by atoms with Gasteiger partial charge in [0.15, 0.2) is 0 Å². The number of methoxy groups -OCH3 is 1. The van der Waals surface area contributed by atoms with Crippen molar-refractivity contribution in [2.75, 3.05) is 26.7 Å². The van der Waals surface area contributed by atoms with E-state index in [-0.39, 0.29) is 11.6 Å². The lowest BCUT2D eigenvalue weighted by Crippen LogP contribution is -2.49. The highest BCUT2D eigenvalue weighted by molar-refractivity contribution is 6.34. The summed E-state index contributed by atoms with van der Waals surface area (Å²) in [7, 11) is 1.78. The molecule has 0 spiro atoms. The van der Waals surface area contributed by atoms with Gasteiger partial charge >= 0.3 is 0 Å². The van der Waals surface area contributed by atoms with Crippen LogP contribution in [0.5, 0.6) is 0 Å². The second kappa shape index (κ2) is 6.63. The molecule has 0 bridgehead atoms. The number of ether oxygens (including phenoxy) is 1. The predicted molar refractivity (Wildman–Crippen MR) is 84.5 cm³/mol. The molecule has 3 nitrogen and oxygen atoms in total. The fourth-order valence-corrected chi connectivity index (χ4v) is 3.48. The molecule has 20 heavy (non-hydrogen) atoms. The van der Waals surface area contributed by atoms with Gasteiger partial charge in [-0.3, -0.25) is 4.90 Å². The number of hydrogen-bond acceptors (Lipinski definition) is 3. The van der Waals surface area contributed by atoms with Gasteiger partial charge in [-0.2, -0.15) is 0 Å². The molecule has 0 amide bonds. The van der Waals surface area contributed by atoms with E-state index in [0.717, 1.165) is 31.5 Å². The topological polar surface area (TPSA) is 38.5 Å². The van der Waals surface area contributed by atoms with Crippen LogP contribution in [0.25, 0.3) is 0 Å². The van der Waals surface area contributed by atoms with Crippen molar-refractivity contribution in [3.63, 3.8) is 0 Å². The third-order valence-corrected chi connectivity index (χ3v) is 4.55. The van der Waals surface area contributed by atoms with Gasteiger partial charge < -0.3 is 10.5 Å². The summed E-state index contributed by atoms with van der Waals surface area (Å²) in [4.78, 5) is 2.37. The Morgan fingerprint density at radius 3 is 2.55 bits per heavy atom. The third kappa shape index (κ3) is 3.66. The highest BCUT2D eigenvalue weighted by Gasteiger charge is 2.34. The molecule has 1 heterocycles. The second-order valence-electron chi connectivity index (χ2n) is 5.68. The fourth-order valence-electron chi connectivity index (χ4n) is 2.94. The number of likely N-dealkylation sites (tertiary alicyclic amines) is 1. The second-order valence-corrected chi connectivity index (χ2v) is 6.56. The molecule has 1 saturated heterocycles. The van der Waals surface area contributed by atoms with Gasteiger partial charge in [0.2, 0.25) is 0 Å². The summed E-state index contributed by atoms with van der Waals surface area (Å²) in [5, 5.41) is 1.30. The van der Waals surface area contributed by atoms with Crippen LogP contribution >= 0.6 is 23.2 Å². The van der Waals surface area contributed by atoms with Crippen LogP contribution in [-0.2, 0) is 4.74 Å². The van der Waals surface area contributed by atoms with Gasteiger partial charge in [0.25, 0.3) is 0 Å². The average Bonchev–Trinajstić information content (AvgIpc) is 2.39. The van der Waals surface area contributed by atoms with Gasteiger partial charge in [-0.1, -0.05) is 23.2 Å². The smallest absolute Gasteiger partial charge is 0.0777 e. The summed E-state index contributed by atoms with van der Waals surface area (Å²) in [6.07, 6.45) is 2.18. The molecule has 2 atom stereocenters. The van der Waals surface area contributed by atoms with Crippen molar-refractivity contribution < 1.29 is 4.74 Å². The zero-order valence-electron chi connectivity index (χ0n) is 12.0. The van der Waals surface area contributed by atoms with Crippen LogP contribution in [0.2, 0.25) is 10.0 Å². The zero-order chi connectivity index (χ0) is 14.8. The van der Waals surface area contributed by atoms with Crippen molar-refractivity contribution in [2.24, 2.45) is 5.73 Å². The van der Waals surface area contributed by atoms with Gasteiger partial charge in [0, 0.05) is 36.3 Å². The van der Waals surface area contributed by atoms with E-state index >= 15 is 0 Å². The molecule has 1 aromatic rings. The minimum atomic E-state index is -0.103. The van der Waals surface area contributed by atoms with E-state index < -0.39 is 0 Å². The summed E-state index contributed by atoms with van der Waals surface area (Å²) in [6.45, 7) is 4.58. The highest BCUT2D eigenvalue weighted by Crippen LogP contribution is 2.32. The Balaban J connectivity index is 2.23. The summed E-state index contributed by atoms with van der Waals surface area (Å²) in [5.41, 5.74) is 6.97. The number of nitrogens with zero attached hydrogens (tertiary/aromatic N) is 1. The molecule has 0 saturated carbocycles. The molecule has 112 valence electrons. The largest absolute Gasteiger partial charge is 0.377 e. The number of halogens is 2. The molecule has 2 rings (SSSR count). The SMILES string of the molecule is COC1(C)CCCN(C(CN)c2cc(Cl)cc(Cl)c2)C1. The average molecular weight is 317 g/mol. The van der Waals surface area contributed by atoms with Crippen LogP contribution in [-0.4, -0.2) is 37.2 Å². The quantitative estimate of drug-likeness (QED) is 0.924. The molecule has 0 aliphatic carbocycles. The lowest BCUT2D eigenvalue weighted by atomic mass is 9.92. The Morgan fingerprint density at radius 1 is 1.35 bits per heavy atom. The van der Waals surface area contributed by atoms with Gasteiger partial charge in [0.05, 0.1) is 5.60 Å². The molecule has 2 unspecified atom stereocenters. The number of nitrogens with two attached hydrogens (primary N) is 1. The molecule has 1 aliphatic rings. The van der Waals surface area contributed by atoms with Crippen molar-refractivity contribution in [1.82, 2.24) is 4.90 Å². The minimum Gasteiger partial charge on any atom is -0.377 e. The van der Waals surface area contributed by atoms with Gasteiger partial charge in [-0.05, 0) is 50.1 Å². The molecule has 0 aromatic heterocycles. The van der Waals surface area contributed by atoms with Crippen LogP contribution in [0, 0.1) is 0 Å². The van der Waals surface area contributed by atoms with Crippen molar-refractivity contribution in [1.29, 1.82) is 0 Å². The lowest BCUT2D eigenvalue weighted by molar-refractivity contribution is -0.0608. The van der Waals surface area contributed by atoms with Crippen molar-refractivity contribution in [3.8, 4) is 0 Å².